The zero-order valence-corrected chi connectivity index (χ0v) is 17.0. The lowest BCUT2D eigenvalue weighted by atomic mass is 9.93. The molecule has 7 nitrogen and oxygen atoms in total. The summed E-state index contributed by atoms with van der Waals surface area (Å²) in [5.74, 6) is -0.321. The first kappa shape index (κ1) is 20.3. The van der Waals surface area contributed by atoms with Gasteiger partial charge in [-0.1, -0.05) is 60.7 Å². The maximum Gasteiger partial charge on any atom is 0.330 e. The number of benzene rings is 2. The van der Waals surface area contributed by atoms with Crippen LogP contribution in [0.2, 0.25) is 0 Å². The van der Waals surface area contributed by atoms with Crippen LogP contribution in [-0.4, -0.2) is 34.3 Å². The lowest BCUT2D eigenvalue weighted by Gasteiger charge is -2.28. The molecule has 1 atom stereocenters. The number of hydroxylamine groups is 1. The molecule has 0 saturated carbocycles. The van der Waals surface area contributed by atoms with Gasteiger partial charge in [-0.3, -0.25) is 4.79 Å². The Hall–Kier alpha value is -2.97. The zero-order valence-electron chi connectivity index (χ0n) is 16.2. The second-order valence-corrected chi connectivity index (χ2v) is 8.04. The third-order valence-electron chi connectivity index (χ3n) is 5.14. The molecule has 2 aromatic carbocycles. The van der Waals surface area contributed by atoms with E-state index in [2.05, 4.69) is 4.39 Å². The first-order chi connectivity index (χ1) is 14.3. The van der Waals surface area contributed by atoms with Crippen molar-refractivity contribution in [2.24, 2.45) is 5.92 Å². The fraction of sp³-hybridized carbons (Fsp3) is 0.182. The molecular formula is C22H20ClN2O5+. The van der Waals surface area contributed by atoms with E-state index in [4.69, 9.17) is 0 Å². The number of hydrogen-bond donors (Lipinski definition) is 0. The van der Waals surface area contributed by atoms with Crippen LogP contribution in [0.1, 0.15) is 17.3 Å². The van der Waals surface area contributed by atoms with Crippen LogP contribution in [0.3, 0.4) is 0 Å². The Morgan fingerprint density at radius 1 is 1.07 bits per heavy atom. The molecule has 154 valence electrons. The number of carbonyl (C=O) groups is 1. The van der Waals surface area contributed by atoms with E-state index >= 15 is 0 Å². The molecule has 2 heterocycles. The average Bonchev–Trinajstić information content (AvgIpc) is 2.73. The molecule has 2 aromatic rings. The van der Waals surface area contributed by atoms with Crippen molar-refractivity contribution < 1.29 is 38.1 Å². The molecule has 8 heteroatoms. The number of amidine groups is 1. The van der Waals surface area contributed by atoms with Crippen molar-refractivity contribution in [2.75, 3.05) is 13.1 Å². The molecule has 0 radical (unpaired) electrons. The second-order valence-electron chi connectivity index (χ2n) is 7.15. The van der Waals surface area contributed by atoms with E-state index in [1.807, 2.05) is 55.5 Å². The monoisotopic (exact) mass is 427 g/mol. The van der Waals surface area contributed by atoms with Crippen molar-refractivity contribution >= 4 is 11.6 Å². The third-order valence-corrected chi connectivity index (χ3v) is 5.48. The summed E-state index contributed by atoms with van der Waals surface area (Å²) in [6, 6.07) is 17.1. The highest BCUT2D eigenvalue weighted by Gasteiger charge is 2.44. The van der Waals surface area contributed by atoms with Gasteiger partial charge in [0, 0.05) is 11.6 Å². The Bertz CT molecular complexity index is 1040. The van der Waals surface area contributed by atoms with Gasteiger partial charge in [-0.25, -0.2) is 4.90 Å². The number of fused-ring (bicyclic) bond motifs is 1. The molecule has 2 aliphatic rings. The average molecular weight is 428 g/mol. The molecule has 1 unspecified atom stereocenters. The van der Waals surface area contributed by atoms with E-state index in [0.29, 0.717) is 17.9 Å². The summed E-state index contributed by atoms with van der Waals surface area (Å²) in [6.07, 6.45) is 5.21. The van der Waals surface area contributed by atoms with E-state index in [9.17, 15) is 18.8 Å². The highest BCUT2D eigenvalue weighted by atomic mass is 35.7. The standard InChI is InChI=1S/C22H20ClN2O5/c1-16-6-5-9-21-24(16)14-20(15-25(21)30-23(27,28)29)22(26)19-12-10-18(11-13-19)17-7-3-2-4-8-17/h2-13,20H,14-15H2,1H3/q+1. The highest BCUT2D eigenvalue weighted by molar-refractivity contribution is 6.00. The maximum absolute atomic E-state index is 13.2. The maximum atomic E-state index is 13.2. The predicted molar refractivity (Wildman–Crippen MR) is 101 cm³/mol. The molecule has 0 N–H and O–H groups in total. The molecule has 0 aliphatic carbocycles. The van der Waals surface area contributed by atoms with Crippen molar-refractivity contribution in [3.05, 3.63) is 84.1 Å². The van der Waals surface area contributed by atoms with Crippen LogP contribution in [0.5, 0.6) is 0 Å². The lowest BCUT2D eigenvalue weighted by Crippen LogP contribution is -2.64. The predicted octanol–water partition coefficient (Wildman–Crippen LogP) is 0.182. The molecule has 0 amide bonds. The molecule has 0 aromatic heterocycles. The normalized spacial score (nSPS) is 18.7. The number of carbonyl (C=O) groups excluding carboxylic acids is 1. The summed E-state index contributed by atoms with van der Waals surface area (Å²) in [6.45, 7) is 2.15. The Labute approximate surface area is 176 Å². The number of hydrogen-bond acceptors (Lipinski definition) is 6. The van der Waals surface area contributed by atoms with E-state index in [1.54, 1.807) is 29.2 Å². The summed E-state index contributed by atoms with van der Waals surface area (Å²) in [4.78, 5) is 14.9. The lowest BCUT2D eigenvalue weighted by molar-refractivity contribution is -1.94. The van der Waals surface area contributed by atoms with Gasteiger partial charge in [0.2, 0.25) is 0 Å². The molecule has 30 heavy (non-hydrogen) atoms. The number of Topliss-reactive ketones (excluding diaryl/α,β-unsaturated/α-hetero) is 1. The minimum Gasteiger partial charge on any atom is -0.294 e. The molecule has 0 bridgehead atoms. The van der Waals surface area contributed by atoms with E-state index in [-0.39, 0.29) is 12.3 Å². The van der Waals surface area contributed by atoms with Crippen LogP contribution in [0.15, 0.2) is 78.5 Å². The van der Waals surface area contributed by atoms with Gasteiger partial charge in [0.05, 0.1) is 4.74 Å². The summed E-state index contributed by atoms with van der Waals surface area (Å²) in [5.41, 5.74) is 3.37. The van der Waals surface area contributed by atoms with Gasteiger partial charge in [0.25, 0.3) is 0 Å². The van der Waals surface area contributed by atoms with Crippen LogP contribution >= 0.6 is 0 Å². The smallest absolute Gasteiger partial charge is 0.294 e. The van der Waals surface area contributed by atoms with Gasteiger partial charge in [-0.05, 0) is 24.1 Å². The Balaban J connectivity index is 1.59. The molecular weight excluding hydrogens is 408 g/mol. The summed E-state index contributed by atoms with van der Waals surface area (Å²) in [7, 11) is -4.68. The Morgan fingerprint density at radius 2 is 1.73 bits per heavy atom. The van der Waals surface area contributed by atoms with E-state index in [1.165, 1.54) is 0 Å². The molecule has 0 saturated heterocycles. The fourth-order valence-electron chi connectivity index (χ4n) is 3.69. The molecule has 0 fully saturated rings. The van der Waals surface area contributed by atoms with Crippen LogP contribution in [0.25, 0.3) is 11.1 Å². The number of rotatable bonds is 5. The Kier molecular flexibility index (Phi) is 5.44. The minimum atomic E-state index is -4.68. The van der Waals surface area contributed by atoms with Crippen LogP contribution < -0.4 is 14.0 Å². The van der Waals surface area contributed by atoms with Gasteiger partial charge in [-0.15, -0.1) is 0 Å². The van der Waals surface area contributed by atoms with Gasteiger partial charge >= 0.3 is 5.84 Å². The van der Waals surface area contributed by atoms with Gasteiger partial charge < -0.3 is 0 Å². The zero-order chi connectivity index (χ0) is 21.3. The van der Waals surface area contributed by atoms with Crippen LogP contribution in [0.4, 0.5) is 0 Å². The number of allylic oxidation sites excluding steroid dienone is 3. The second kappa shape index (κ2) is 8.04. The van der Waals surface area contributed by atoms with Crippen molar-refractivity contribution in [1.82, 2.24) is 4.90 Å². The first-order valence-electron chi connectivity index (χ1n) is 9.39. The van der Waals surface area contributed by atoms with Crippen molar-refractivity contribution in [3.63, 3.8) is 0 Å². The number of ketones is 1. The van der Waals surface area contributed by atoms with Gasteiger partial charge in [-0.2, -0.15) is 14.0 Å². The van der Waals surface area contributed by atoms with Crippen molar-refractivity contribution in [2.45, 2.75) is 6.92 Å². The van der Waals surface area contributed by atoms with Crippen molar-refractivity contribution in [3.8, 4) is 11.1 Å². The first-order valence-corrected chi connectivity index (χ1v) is 10.6. The van der Waals surface area contributed by atoms with Crippen molar-refractivity contribution in [1.29, 1.82) is 0 Å². The summed E-state index contributed by atoms with van der Waals surface area (Å²) >= 11 is 0. The number of nitrogens with zero attached hydrogens (tertiary/aromatic N) is 2. The highest BCUT2D eigenvalue weighted by Crippen LogP contribution is 2.24. The van der Waals surface area contributed by atoms with E-state index in [0.717, 1.165) is 21.6 Å². The largest absolute Gasteiger partial charge is 0.330 e. The molecule has 2 aliphatic heterocycles. The third kappa shape index (κ3) is 4.29. The van der Waals surface area contributed by atoms with Crippen LogP contribution in [-0.2, 0) is 4.39 Å². The summed E-state index contributed by atoms with van der Waals surface area (Å²) in [5, 5.41) is 0. The molecule has 4 rings (SSSR count). The fourth-order valence-corrected chi connectivity index (χ4v) is 4.02. The minimum absolute atomic E-state index is 0.0445. The van der Waals surface area contributed by atoms with Gasteiger partial charge in [0.15, 0.2) is 22.6 Å². The van der Waals surface area contributed by atoms with E-state index < -0.39 is 16.2 Å². The molecule has 0 spiro atoms. The van der Waals surface area contributed by atoms with Crippen LogP contribution in [0, 0.1) is 16.2 Å². The SMILES string of the molecule is CC1=CC=CC2=[N+](O[Cl+3]([O-])([O-])[O-])CC(C(=O)c3ccc(-c4ccccc4)cc3)CN12. The summed E-state index contributed by atoms with van der Waals surface area (Å²) < 4.78 is 39.1. The quantitative estimate of drug-likeness (QED) is 0.498. The topological polar surface area (TPSA) is 102 Å². The Morgan fingerprint density at radius 3 is 2.40 bits per heavy atom. The van der Waals surface area contributed by atoms with Gasteiger partial charge in [0.1, 0.15) is 22.5 Å². The number of halogens is 1.